The molecule has 1 aliphatic heterocycles. The number of methoxy groups -OCH3 is 1. The molecule has 0 spiro atoms. The summed E-state index contributed by atoms with van der Waals surface area (Å²) in [6.45, 7) is 1.88. The van der Waals surface area contributed by atoms with E-state index in [0.29, 0.717) is 17.1 Å². The van der Waals surface area contributed by atoms with E-state index in [4.69, 9.17) is 16.3 Å². The van der Waals surface area contributed by atoms with E-state index >= 15 is 0 Å². The average molecular weight is 257 g/mol. The first-order valence-electron chi connectivity index (χ1n) is 5.73. The minimum absolute atomic E-state index is 0.357. The van der Waals surface area contributed by atoms with E-state index in [2.05, 4.69) is 20.2 Å². The minimum Gasteiger partial charge on any atom is -0.467 e. The highest BCUT2D eigenvalue weighted by Crippen LogP contribution is 2.26. The van der Waals surface area contributed by atoms with Crippen molar-refractivity contribution in [2.45, 2.75) is 18.9 Å². The van der Waals surface area contributed by atoms with Crippen molar-refractivity contribution >= 4 is 17.4 Å². The van der Waals surface area contributed by atoms with Crippen LogP contribution in [0.25, 0.3) is 0 Å². The van der Waals surface area contributed by atoms with Crippen molar-refractivity contribution in [1.29, 1.82) is 0 Å². The van der Waals surface area contributed by atoms with Gasteiger partial charge >= 0.3 is 6.01 Å². The summed E-state index contributed by atoms with van der Waals surface area (Å²) in [5.74, 6) is 0.762. The van der Waals surface area contributed by atoms with E-state index in [-0.39, 0.29) is 0 Å². The Morgan fingerprint density at radius 2 is 2.41 bits per heavy atom. The smallest absolute Gasteiger partial charge is 0.318 e. The Balaban J connectivity index is 2.20. The second-order valence-electron chi connectivity index (χ2n) is 4.10. The molecule has 0 aromatic carbocycles. The quantitative estimate of drug-likeness (QED) is 0.884. The van der Waals surface area contributed by atoms with E-state index in [1.165, 1.54) is 6.42 Å². The van der Waals surface area contributed by atoms with Crippen molar-refractivity contribution < 1.29 is 4.74 Å². The lowest BCUT2D eigenvalue weighted by Crippen LogP contribution is -2.44. The molecule has 0 radical (unpaired) electrons. The number of aromatic nitrogens is 2. The Morgan fingerprint density at radius 1 is 1.59 bits per heavy atom. The SMILES string of the molecule is CNC1CCCN(c2nc(OC)ncc2Cl)C1. The lowest BCUT2D eigenvalue weighted by atomic mass is 10.1. The van der Waals surface area contributed by atoms with E-state index < -0.39 is 0 Å². The number of halogens is 1. The minimum atomic E-state index is 0.357. The highest BCUT2D eigenvalue weighted by atomic mass is 35.5. The van der Waals surface area contributed by atoms with Gasteiger partial charge in [0.1, 0.15) is 5.02 Å². The number of ether oxygens (including phenoxy) is 1. The van der Waals surface area contributed by atoms with Gasteiger partial charge < -0.3 is 15.0 Å². The van der Waals surface area contributed by atoms with Gasteiger partial charge in [-0.05, 0) is 19.9 Å². The molecule has 1 aromatic rings. The highest BCUT2D eigenvalue weighted by molar-refractivity contribution is 6.32. The van der Waals surface area contributed by atoms with Gasteiger partial charge in [0.2, 0.25) is 0 Å². The first kappa shape index (κ1) is 12.4. The predicted octanol–water partition coefficient (Wildman–Crippen LogP) is 1.33. The summed E-state index contributed by atoms with van der Waals surface area (Å²) in [4.78, 5) is 10.5. The molecule has 0 amide bonds. The second-order valence-corrected chi connectivity index (χ2v) is 4.51. The van der Waals surface area contributed by atoms with E-state index in [1.54, 1.807) is 13.3 Å². The number of hydrogen-bond donors (Lipinski definition) is 1. The van der Waals surface area contributed by atoms with Gasteiger partial charge in [-0.15, -0.1) is 0 Å². The molecule has 1 aromatic heterocycles. The van der Waals surface area contributed by atoms with Crippen LogP contribution in [0.1, 0.15) is 12.8 Å². The van der Waals surface area contributed by atoms with Gasteiger partial charge in [-0.1, -0.05) is 11.6 Å². The van der Waals surface area contributed by atoms with Gasteiger partial charge in [-0.3, -0.25) is 0 Å². The number of likely N-dealkylation sites (N-methyl/N-ethyl adjacent to an activating group) is 1. The van der Waals surface area contributed by atoms with Gasteiger partial charge in [0.15, 0.2) is 5.82 Å². The van der Waals surface area contributed by atoms with Gasteiger partial charge in [0.05, 0.1) is 13.3 Å². The molecular formula is C11H17ClN4O. The van der Waals surface area contributed by atoms with Crippen LogP contribution in [0.15, 0.2) is 6.20 Å². The molecule has 1 atom stereocenters. The fraction of sp³-hybridized carbons (Fsp3) is 0.636. The van der Waals surface area contributed by atoms with Crippen LogP contribution in [0.2, 0.25) is 5.02 Å². The van der Waals surface area contributed by atoms with Crippen LogP contribution in [0, 0.1) is 0 Å². The fourth-order valence-corrected chi connectivity index (χ4v) is 2.28. The molecule has 0 aliphatic carbocycles. The number of nitrogens with one attached hydrogen (secondary N) is 1. The van der Waals surface area contributed by atoms with Crippen LogP contribution in [0.3, 0.4) is 0 Å². The zero-order chi connectivity index (χ0) is 12.3. The highest BCUT2D eigenvalue weighted by Gasteiger charge is 2.22. The van der Waals surface area contributed by atoms with Crippen molar-refractivity contribution in [3.63, 3.8) is 0 Å². The maximum atomic E-state index is 6.13. The van der Waals surface area contributed by atoms with Crippen LogP contribution >= 0.6 is 11.6 Å². The maximum absolute atomic E-state index is 6.13. The molecule has 6 heteroatoms. The monoisotopic (exact) mass is 256 g/mol. The summed E-state index contributed by atoms with van der Waals surface area (Å²) in [5.41, 5.74) is 0. The topological polar surface area (TPSA) is 50.3 Å². The van der Waals surface area contributed by atoms with E-state index in [9.17, 15) is 0 Å². The lowest BCUT2D eigenvalue weighted by molar-refractivity contribution is 0.378. The van der Waals surface area contributed by atoms with Crippen LogP contribution in [-0.4, -0.2) is 43.3 Å². The Labute approximate surface area is 106 Å². The van der Waals surface area contributed by atoms with Gasteiger partial charge in [-0.25, -0.2) is 4.98 Å². The Morgan fingerprint density at radius 3 is 3.12 bits per heavy atom. The zero-order valence-corrected chi connectivity index (χ0v) is 10.9. The molecule has 0 bridgehead atoms. The van der Waals surface area contributed by atoms with Gasteiger partial charge in [0, 0.05) is 19.1 Å². The molecule has 5 nitrogen and oxygen atoms in total. The third-order valence-electron chi connectivity index (χ3n) is 3.02. The molecule has 1 unspecified atom stereocenters. The molecule has 1 aliphatic rings. The van der Waals surface area contributed by atoms with Gasteiger partial charge in [-0.2, -0.15) is 4.98 Å². The Kier molecular flexibility index (Phi) is 4.02. The summed E-state index contributed by atoms with van der Waals surface area (Å²) in [6.07, 6.45) is 3.91. The third-order valence-corrected chi connectivity index (χ3v) is 3.28. The summed E-state index contributed by atoms with van der Waals surface area (Å²) in [5, 5.41) is 3.86. The Hall–Kier alpha value is -1.07. The molecule has 94 valence electrons. The first-order chi connectivity index (χ1) is 8.24. The average Bonchev–Trinajstić information content (AvgIpc) is 2.39. The normalized spacial score (nSPS) is 20.4. The van der Waals surface area contributed by atoms with Crippen molar-refractivity contribution in [3.05, 3.63) is 11.2 Å². The maximum Gasteiger partial charge on any atom is 0.318 e. The van der Waals surface area contributed by atoms with Crippen LogP contribution in [0.5, 0.6) is 6.01 Å². The van der Waals surface area contributed by atoms with Crippen molar-refractivity contribution in [2.75, 3.05) is 32.1 Å². The second kappa shape index (κ2) is 5.51. The molecule has 17 heavy (non-hydrogen) atoms. The number of nitrogens with zero attached hydrogens (tertiary/aromatic N) is 3. The molecule has 1 saturated heterocycles. The number of hydrogen-bond acceptors (Lipinski definition) is 5. The zero-order valence-electron chi connectivity index (χ0n) is 10.1. The summed E-state index contributed by atoms with van der Waals surface area (Å²) >= 11 is 6.13. The first-order valence-corrected chi connectivity index (χ1v) is 6.11. The number of rotatable bonds is 3. The number of anilines is 1. The lowest BCUT2D eigenvalue weighted by Gasteiger charge is -2.33. The predicted molar refractivity (Wildman–Crippen MR) is 67.9 cm³/mol. The number of piperidine rings is 1. The molecular weight excluding hydrogens is 240 g/mol. The fourth-order valence-electron chi connectivity index (χ4n) is 2.07. The molecule has 1 fully saturated rings. The van der Waals surface area contributed by atoms with Crippen LogP contribution in [-0.2, 0) is 0 Å². The largest absolute Gasteiger partial charge is 0.467 e. The van der Waals surface area contributed by atoms with Crippen molar-refractivity contribution in [3.8, 4) is 6.01 Å². The summed E-state index contributed by atoms with van der Waals surface area (Å²) in [7, 11) is 3.54. The standard InChI is InChI=1S/C11H17ClN4O/c1-13-8-4-3-5-16(7-8)10-9(12)6-14-11(15-10)17-2/h6,8,13H,3-5,7H2,1-2H3. The van der Waals surface area contributed by atoms with Crippen LogP contribution in [0.4, 0.5) is 5.82 Å². The molecule has 2 heterocycles. The van der Waals surface area contributed by atoms with Crippen LogP contribution < -0.4 is 15.0 Å². The van der Waals surface area contributed by atoms with Crippen molar-refractivity contribution in [1.82, 2.24) is 15.3 Å². The molecule has 1 N–H and O–H groups in total. The van der Waals surface area contributed by atoms with E-state index in [0.717, 1.165) is 25.3 Å². The summed E-state index contributed by atoms with van der Waals surface area (Å²) in [6, 6.07) is 0.844. The van der Waals surface area contributed by atoms with E-state index in [1.807, 2.05) is 7.05 Å². The Bertz CT molecular complexity index is 388. The molecule has 0 saturated carbocycles. The summed E-state index contributed by atoms with van der Waals surface area (Å²) < 4.78 is 5.03. The third kappa shape index (κ3) is 2.79. The molecule has 2 rings (SSSR count). The van der Waals surface area contributed by atoms with Crippen molar-refractivity contribution in [2.24, 2.45) is 0 Å². The van der Waals surface area contributed by atoms with Gasteiger partial charge in [0.25, 0.3) is 0 Å².